The largest absolute Gasteiger partial charge is 0.391 e. The fraction of sp³-hybridized carbons (Fsp3) is 0.625. The lowest BCUT2D eigenvalue weighted by atomic mass is 10.5. The van der Waals surface area contributed by atoms with Crippen LogP contribution in [0.15, 0.2) is 9.69 Å². The molecule has 0 spiro atoms. The quantitative estimate of drug-likeness (QED) is 0.830. The molecule has 6 nitrogen and oxygen atoms in total. The minimum absolute atomic E-state index is 0.132. The predicted octanol–water partition coefficient (Wildman–Crippen LogP) is 1.26. The lowest BCUT2D eigenvalue weighted by Crippen LogP contribution is -2.17. The number of hydrogen-bond acceptors (Lipinski definition) is 4. The van der Waals surface area contributed by atoms with Gasteiger partial charge in [0.25, 0.3) is 5.56 Å². The maximum atomic E-state index is 11.7. The van der Waals surface area contributed by atoms with Crippen molar-refractivity contribution >= 4 is 18.2 Å². The normalized spacial score (nSPS) is 15.1. The highest BCUT2D eigenvalue weighted by molar-refractivity contribution is 8.54. The second kappa shape index (κ2) is 4.79. The van der Waals surface area contributed by atoms with E-state index >= 15 is 0 Å². The standard InChI is InChI=1S/C8H15N2O4PS/c1-5-14-15(12,13)16-7-6(2)9(3)10(4)8(7)11/h5H2,1-4H3,(H,12,13). The summed E-state index contributed by atoms with van der Waals surface area (Å²) in [5.74, 6) is 0. The van der Waals surface area contributed by atoms with Crippen LogP contribution >= 0.6 is 18.2 Å². The second-order valence-corrected chi connectivity index (χ2v) is 6.96. The topological polar surface area (TPSA) is 73.5 Å². The first-order chi connectivity index (χ1) is 7.30. The van der Waals surface area contributed by atoms with Crippen LogP contribution in [0.25, 0.3) is 0 Å². The van der Waals surface area contributed by atoms with Crippen LogP contribution in [0, 0.1) is 6.92 Å². The Hall–Kier alpha value is -0.490. The molecule has 0 radical (unpaired) electrons. The third-order valence-corrected chi connectivity index (χ3v) is 5.27. The van der Waals surface area contributed by atoms with Gasteiger partial charge in [0.05, 0.1) is 12.3 Å². The van der Waals surface area contributed by atoms with Gasteiger partial charge in [0, 0.05) is 25.5 Å². The molecule has 0 amide bonds. The molecule has 0 saturated carbocycles. The fourth-order valence-corrected chi connectivity index (χ4v) is 4.10. The lowest BCUT2D eigenvalue weighted by molar-refractivity contribution is 0.291. The van der Waals surface area contributed by atoms with Crippen molar-refractivity contribution in [2.45, 2.75) is 18.7 Å². The SMILES string of the molecule is CCOP(=O)(O)Sc1c(C)n(C)n(C)c1=O. The molecule has 1 rings (SSSR count). The Balaban J connectivity index is 3.12. The first kappa shape index (κ1) is 13.6. The molecule has 0 fully saturated rings. The van der Waals surface area contributed by atoms with E-state index in [2.05, 4.69) is 0 Å². The van der Waals surface area contributed by atoms with Gasteiger partial charge in [-0.3, -0.25) is 14.2 Å². The molecule has 1 unspecified atom stereocenters. The number of rotatable bonds is 4. The van der Waals surface area contributed by atoms with Gasteiger partial charge in [-0.05, 0) is 13.8 Å². The highest BCUT2D eigenvalue weighted by Gasteiger charge is 2.26. The Morgan fingerprint density at radius 3 is 2.38 bits per heavy atom. The molecule has 1 atom stereocenters. The van der Waals surface area contributed by atoms with Crippen LogP contribution in [0.1, 0.15) is 12.6 Å². The molecule has 1 heterocycles. The highest BCUT2D eigenvalue weighted by atomic mass is 32.7. The molecule has 16 heavy (non-hydrogen) atoms. The molecule has 1 N–H and O–H groups in total. The average molecular weight is 266 g/mol. The predicted molar refractivity (Wildman–Crippen MR) is 62.7 cm³/mol. The van der Waals surface area contributed by atoms with E-state index in [1.807, 2.05) is 0 Å². The molecule has 0 saturated heterocycles. The van der Waals surface area contributed by atoms with E-state index in [0.717, 1.165) is 0 Å². The molecule has 0 aliphatic heterocycles. The zero-order chi connectivity index (χ0) is 12.5. The first-order valence-corrected chi connectivity index (χ1v) is 7.69. The Kier molecular flexibility index (Phi) is 4.07. The van der Waals surface area contributed by atoms with Gasteiger partial charge in [-0.15, -0.1) is 0 Å². The molecule has 92 valence electrons. The van der Waals surface area contributed by atoms with Crippen molar-refractivity contribution in [2.24, 2.45) is 14.1 Å². The number of aromatic nitrogens is 2. The van der Waals surface area contributed by atoms with Crippen molar-refractivity contribution in [2.75, 3.05) is 6.61 Å². The third kappa shape index (κ3) is 2.60. The van der Waals surface area contributed by atoms with Gasteiger partial charge in [0.1, 0.15) is 4.90 Å². The van der Waals surface area contributed by atoms with Crippen molar-refractivity contribution < 1.29 is 14.0 Å². The van der Waals surface area contributed by atoms with Crippen molar-refractivity contribution in [1.82, 2.24) is 9.36 Å². The van der Waals surface area contributed by atoms with Gasteiger partial charge in [-0.2, -0.15) is 0 Å². The summed E-state index contributed by atoms with van der Waals surface area (Å²) in [6, 6.07) is 0. The zero-order valence-electron chi connectivity index (χ0n) is 9.63. The van der Waals surface area contributed by atoms with Crippen LogP contribution in [0.4, 0.5) is 0 Å². The summed E-state index contributed by atoms with van der Waals surface area (Å²) < 4.78 is 19.3. The molecular formula is C8H15N2O4PS. The summed E-state index contributed by atoms with van der Waals surface area (Å²) in [5.41, 5.74) is 0.352. The van der Waals surface area contributed by atoms with Crippen LogP contribution in [0.5, 0.6) is 0 Å². The van der Waals surface area contributed by atoms with Gasteiger partial charge in [0.2, 0.25) is 0 Å². The van der Waals surface area contributed by atoms with Crippen molar-refractivity contribution in [3.05, 3.63) is 16.0 Å². The van der Waals surface area contributed by atoms with E-state index in [0.29, 0.717) is 17.1 Å². The monoisotopic (exact) mass is 266 g/mol. The molecular weight excluding hydrogens is 251 g/mol. The Morgan fingerprint density at radius 2 is 2.00 bits per heavy atom. The smallest absolute Gasteiger partial charge is 0.316 e. The zero-order valence-corrected chi connectivity index (χ0v) is 11.3. The minimum Gasteiger partial charge on any atom is -0.316 e. The van der Waals surface area contributed by atoms with Crippen LogP contribution in [0.2, 0.25) is 0 Å². The third-order valence-electron chi connectivity index (χ3n) is 2.25. The Morgan fingerprint density at radius 1 is 1.44 bits per heavy atom. The van der Waals surface area contributed by atoms with E-state index < -0.39 is 6.80 Å². The fourth-order valence-electron chi connectivity index (χ4n) is 1.22. The minimum atomic E-state index is -3.78. The average Bonchev–Trinajstić information content (AvgIpc) is 2.35. The highest BCUT2D eigenvalue weighted by Crippen LogP contribution is 2.58. The lowest BCUT2D eigenvalue weighted by Gasteiger charge is -2.08. The van der Waals surface area contributed by atoms with Gasteiger partial charge < -0.3 is 9.42 Å². The van der Waals surface area contributed by atoms with Gasteiger partial charge >= 0.3 is 6.80 Å². The summed E-state index contributed by atoms with van der Waals surface area (Å²) >= 11 is 0.593. The summed E-state index contributed by atoms with van der Waals surface area (Å²) in [6.45, 7) is -0.311. The maximum Gasteiger partial charge on any atom is 0.391 e. The summed E-state index contributed by atoms with van der Waals surface area (Å²) in [6.07, 6.45) is 0. The van der Waals surface area contributed by atoms with Crippen LogP contribution in [-0.2, 0) is 23.2 Å². The Labute approximate surface area is 97.5 Å². The second-order valence-electron chi connectivity index (χ2n) is 3.24. The van der Waals surface area contributed by atoms with Crippen molar-refractivity contribution in [3.63, 3.8) is 0 Å². The molecule has 0 bridgehead atoms. The molecule has 0 aromatic carbocycles. The number of hydrogen-bond donors (Lipinski definition) is 1. The van der Waals surface area contributed by atoms with Gasteiger partial charge in [-0.1, -0.05) is 0 Å². The molecule has 0 aliphatic rings. The molecule has 0 aliphatic carbocycles. The number of nitrogens with zero attached hydrogens (tertiary/aromatic N) is 2. The molecule has 1 aromatic rings. The van der Waals surface area contributed by atoms with E-state index in [1.54, 1.807) is 32.6 Å². The van der Waals surface area contributed by atoms with E-state index in [-0.39, 0.29) is 17.1 Å². The summed E-state index contributed by atoms with van der Waals surface area (Å²) in [5, 5.41) is 0. The van der Waals surface area contributed by atoms with Crippen molar-refractivity contribution in [1.29, 1.82) is 0 Å². The van der Waals surface area contributed by atoms with Gasteiger partial charge in [0.15, 0.2) is 0 Å². The Bertz CT molecular complexity index is 493. The maximum absolute atomic E-state index is 11.7. The first-order valence-electron chi connectivity index (χ1n) is 4.69. The summed E-state index contributed by atoms with van der Waals surface area (Å²) in [4.78, 5) is 21.4. The molecule has 8 heteroatoms. The van der Waals surface area contributed by atoms with E-state index in [4.69, 9.17) is 4.52 Å². The van der Waals surface area contributed by atoms with Crippen molar-refractivity contribution in [3.8, 4) is 0 Å². The van der Waals surface area contributed by atoms with Crippen LogP contribution < -0.4 is 5.56 Å². The van der Waals surface area contributed by atoms with E-state index in [9.17, 15) is 14.3 Å². The van der Waals surface area contributed by atoms with E-state index in [1.165, 1.54) is 4.68 Å². The summed E-state index contributed by atoms with van der Waals surface area (Å²) in [7, 11) is 3.31. The molecule has 1 aromatic heterocycles. The van der Waals surface area contributed by atoms with Crippen LogP contribution in [0.3, 0.4) is 0 Å². The van der Waals surface area contributed by atoms with Crippen LogP contribution in [-0.4, -0.2) is 20.9 Å². The van der Waals surface area contributed by atoms with Gasteiger partial charge in [-0.25, -0.2) is 4.57 Å².